The number of hydrogen-bond acceptors (Lipinski definition) is 3. The number of nitrogens with zero attached hydrogens (tertiary/aromatic N) is 1. The topological polar surface area (TPSA) is 38.3 Å². The van der Waals surface area contributed by atoms with Crippen molar-refractivity contribution in [1.29, 1.82) is 0 Å². The van der Waals surface area contributed by atoms with E-state index in [9.17, 15) is 4.55 Å². The van der Waals surface area contributed by atoms with Crippen molar-refractivity contribution in [2.24, 2.45) is 5.41 Å². The van der Waals surface area contributed by atoms with Gasteiger partial charge in [0.1, 0.15) is 4.75 Å². The molecule has 1 aromatic carbocycles. The molecule has 1 unspecified atom stereocenters. The van der Waals surface area contributed by atoms with Gasteiger partial charge in [0.05, 0.1) is 6.04 Å². The van der Waals surface area contributed by atoms with E-state index in [1.165, 1.54) is 24.0 Å². The van der Waals surface area contributed by atoms with Gasteiger partial charge < -0.3 is 9.45 Å². The fourth-order valence-corrected chi connectivity index (χ4v) is 4.73. The summed E-state index contributed by atoms with van der Waals surface area (Å²) < 4.78 is 16.0. The Morgan fingerprint density at radius 2 is 1.86 bits per heavy atom. The average molecular weight is 321 g/mol. The van der Waals surface area contributed by atoms with E-state index in [0.717, 1.165) is 19.5 Å². The molecule has 4 heteroatoms. The van der Waals surface area contributed by atoms with Gasteiger partial charge >= 0.3 is 0 Å². The fraction of sp³-hybridized carbons (Fsp3) is 0.667. The molecule has 0 bridgehead atoms. The third kappa shape index (κ3) is 2.94. The predicted octanol–water partition coefficient (Wildman–Crippen LogP) is 3.05. The van der Waals surface area contributed by atoms with Crippen LogP contribution in [0.1, 0.15) is 50.8 Å². The van der Waals surface area contributed by atoms with Crippen LogP contribution in [0.3, 0.4) is 0 Å². The molecule has 0 aromatic heterocycles. The van der Waals surface area contributed by atoms with Crippen molar-refractivity contribution in [1.82, 2.24) is 9.62 Å². The smallest absolute Gasteiger partial charge is 0.136 e. The lowest BCUT2D eigenvalue weighted by molar-refractivity contribution is 0.0994. The Hall–Kier alpha value is -0.550. The largest absolute Gasteiger partial charge is 0.598 e. The molecule has 1 spiro atoms. The molecule has 1 aromatic rings. The fourth-order valence-electron chi connectivity index (χ4n) is 3.79. The van der Waals surface area contributed by atoms with E-state index >= 15 is 0 Å². The van der Waals surface area contributed by atoms with Gasteiger partial charge in [0, 0.05) is 16.8 Å². The van der Waals surface area contributed by atoms with E-state index in [2.05, 4.69) is 40.9 Å². The third-order valence-electron chi connectivity index (χ3n) is 5.28. The number of piperidine rings is 1. The van der Waals surface area contributed by atoms with Crippen LogP contribution in [-0.2, 0) is 17.8 Å². The molecule has 1 aliphatic heterocycles. The summed E-state index contributed by atoms with van der Waals surface area (Å²) >= 11 is -1.03. The number of benzene rings is 1. The summed E-state index contributed by atoms with van der Waals surface area (Å²) in [6, 6.07) is 8.93. The van der Waals surface area contributed by atoms with Crippen LogP contribution < -0.4 is 4.72 Å². The molecule has 1 saturated heterocycles. The van der Waals surface area contributed by atoms with Crippen molar-refractivity contribution in [2.75, 3.05) is 20.1 Å². The van der Waals surface area contributed by atoms with Gasteiger partial charge in [-0.15, -0.1) is 4.72 Å². The standard InChI is InChI=1S/C18H28N2OS/c1-17(2,3)22(21)19-16-15-8-6-5-7-14(15)13-18(16)9-11-20(4)12-10-18/h5-8,16,19H,9-13H2,1-4H3/t16-,22?/m0/s1. The first kappa shape index (κ1) is 16.3. The van der Waals surface area contributed by atoms with E-state index < -0.39 is 11.4 Å². The van der Waals surface area contributed by atoms with Crippen LogP contribution in [0.15, 0.2) is 24.3 Å². The zero-order valence-corrected chi connectivity index (χ0v) is 15.0. The molecule has 1 N–H and O–H groups in total. The normalized spacial score (nSPS) is 26.1. The van der Waals surface area contributed by atoms with Crippen LogP contribution in [0.4, 0.5) is 0 Å². The minimum absolute atomic E-state index is 0.220. The zero-order chi connectivity index (χ0) is 16.0. The molecule has 22 heavy (non-hydrogen) atoms. The Morgan fingerprint density at radius 3 is 2.50 bits per heavy atom. The molecule has 1 aliphatic carbocycles. The highest BCUT2D eigenvalue weighted by Gasteiger charge is 2.49. The van der Waals surface area contributed by atoms with Crippen LogP contribution in [0.2, 0.25) is 0 Å². The second-order valence-electron chi connectivity index (χ2n) is 7.97. The van der Waals surface area contributed by atoms with E-state index in [0.29, 0.717) is 0 Å². The molecule has 1 fully saturated rings. The number of fused-ring (bicyclic) bond motifs is 1. The zero-order valence-electron chi connectivity index (χ0n) is 14.2. The molecule has 0 radical (unpaired) electrons. The van der Waals surface area contributed by atoms with Crippen molar-refractivity contribution >= 4 is 11.4 Å². The molecular formula is C18H28N2OS. The van der Waals surface area contributed by atoms with Crippen LogP contribution >= 0.6 is 0 Å². The molecule has 122 valence electrons. The summed E-state index contributed by atoms with van der Waals surface area (Å²) in [6.45, 7) is 8.39. The van der Waals surface area contributed by atoms with Crippen molar-refractivity contribution in [3.63, 3.8) is 0 Å². The first-order valence-electron chi connectivity index (χ1n) is 8.26. The maximum absolute atomic E-state index is 12.7. The molecule has 1 heterocycles. The van der Waals surface area contributed by atoms with Gasteiger partial charge in [0.25, 0.3) is 0 Å². The Labute approximate surface area is 137 Å². The van der Waals surface area contributed by atoms with E-state index in [1.54, 1.807) is 0 Å². The summed E-state index contributed by atoms with van der Waals surface area (Å²) in [5.74, 6) is 0. The van der Waals surface area contributed by atoms with E-state index in [-0.39, 0.29) is 16.2 Å². The Kier molecular flexibility index (Phi) is 4.32. The summed E-state index contributed by atoms with van der Waals surface area (Å²) in [5.41, 5.74) is 3.04. The Bertz CT molecular complexity index is 532. The highest BCUT2D eigenvalue weighted by atomic mass is 32.2. The first-order chi connectivity index (χ1) is 10.3. The highest BCUT2D eigenvalue weighted by molar-refractivity contribution is 7.90. The van der Waals surface area contributed by atoms with Crippen molar-refractivity contribution in [3.05, 3.63) is 35.4 Å². The highest BCUT2D eigenvalue weighted by Crippen LogP contribution is 2.52. The SMILES string of the molecule is CN1CCC2(CC1)Cc1ccccc1[C@@H]2N[S+]([O-])C(C)(C)C. The lowest BCUT2D eigenvalue weighted by Gasteiger charge is -2.43. The molecule has 0 saturated carbocycles. The predicted molar refractivity (Wildman–Crippen MR) is 93.1 cm³/mol. The summed E-state index contributed by atoms with van der Waals surface area (Å²) in [4.78, 5) is 2.41. The molecule has 3 nitrogen and oxygen atoms in total. The molecular weight excluding hydrogens is 292 g/mol. The Morgan fingerprint density at radius 1 is 1.23 bits per heavy atom. The van der Waals surface area contributed by atoms with E-state index in [1.807, 2.05) is 20.8 Å². The van der Waals surface area contributed by atoms with Gasteiger partial charge in [-0.05, 0) is 71.3 Å². The maximum Gasteiger partial charge on any atom is 0.136 e. The van der Waals surface area contributed by atoms with Crippen LogP contribution in [0.25, 0.3) is 0 Å². The number of rotatable bonds is 2. The van der Waals surface area contributed by atoms with Crippen LogP contribution in [0.5, 0.6) is 0 Å². The Balaban J connectivity index is 1.90. The second-order valence-corrected chi connectivity index (χ2v) is 9.97. The lowest BCUT2D eigenvalue weighted by atomic mass is 9.73. The molecule has 2 aliphatic rings. The van der Waals surface area contributed by atoms with Gasteiger partial charge in [0.2, 0.25) is 0 Å². The molecule has 3 rings (SSSR count). The number of likely N-dealkylation sites (tertiary alicyclic amines) is 1. The van der Waals surface area contributed by atoms with Gasteiger partial charge in [-0.1, -0.05) is 24.3 Å². The van der Waals surface area contributed by atoms with Crippen molar-refractivity contribution < 1.29 is 4.55 Å². The maximum atomic E-state index is 12.7. The van der Waals surface area contributed by atoms with Gasteiger partial charge in [-0.3, -0.25) is 0 Å². The van der Waals surface area contributed by atoms with Gasteiger partial charge in [-0.2, -0.15) is 0 Å². The van der Waals surface area contributed by atoms with Crippen molar-refractivity contribution in [3.8, 4) is 0 Å². The summed E-state index contributed by atoms with van der Waals surface area (Å²) in [7, 11) is 2.20. The minimum Gasteiger partial charge on any atom is -0.598 e. The lowest BCUT2D eigenvalue weighted by Crippen LogP contribution is -2.49. The third-order valence-corrected chi connectivity index (χ3v) is 6.85. The summed E-state index contributed by atoms with van der Waals surface area (Å²) in [5, 5.41) is 0. The van der Waals surface area contributed by atoms with Gasteiger partial charge in [0.15, 0.2) is 0 Å². The minimum atomic E-state index is -1.03. The number of nitrogens with one attached hydrogen (secondary N) is 1. The second kappa shape index (κ2) is 5.82. The van der Waals surface area contributed by atoms with Crippen molar-refractivity contribution in [2.45, 2.75) is 50.8 Å². The quantitative estimate of drug-likeness (QED) is 0.851. The van der Waals surface area contributed by atoms with Crippen LogP contribution in [0, 0.1) is 5.41 Å². The monoisotopic (exact) mass is 320 g/mol. The number of hydrogen-bond donors (Lipinski definition) is 1. The molecule has 2 atom stereocenters. The van der Waals surface area contributed by atoms with Crippen LogP contribution in [-0.4, -0.2) is 34.3 Å². The average Bonchev–Trinajstić information content (AvgIpc) is 2.76. The van der Waals surface area contributed by atoms with Gasteiger partial charge in [-0.25, -0.2) is 0 Å². The molecule has 0 amide bonds. The first-order valence-corrected chi connectivity index (χ1v) is 9.41. The summed E-state index contributed by atoms with van der Waals surface area (Å²) in [6.07, 6.45) is 3.48. The van der Waals surface area contributed by atoms with E-state index in [4.69, 9.17) is 0 Å².